The molecular weight excluding hydrogens is 442 g/mol. The number of sulfonamides is 1. The molecule has 0 heterocycles. The molecule has 9 heteroatoms. The van der Waals surface area contributed by atoms with E-state index in [9.17, 15) is 23.3 Å². The molecule has 1 amide bonds. The Morgan fingerprint density at radius 1 is 1.15 bits per heavy atom. The average Bonchev–Trinajstić information content (AvgIpc) is 2.76. The number of anilines is 1. The van der Waals surface area contributed by atoms with Crippen LogP contribution < -0.4 is 9.62 Å². The Bertz CT molecular complexity index is 1160. The number of benzene rings is 2. The van der Waals surface area contributed by atoms with Gasteiger partial charge in [0.25, 0.3) is 5.69 Å². The number of nitro benzene ring substituents is 1. The van der Waals surface area contributed by atoms with Gasteiger partial charge in [-0.05, 0) is 68.2 Å². The van der Waals surface area contributed by atoms with Crippen LogP contribution >= 0.6 is 0 Å². The molecule has 2 aromatic carbocycles. The van der Waals surface area contributed by atoms with Crippen molar-refractivity contribution in [2.24, 2.45) is 0 Å². The van der Waals surface area contributed by atoms with Gasteiger partial charge in [0.1, 0.15) is 6.04 Å². The number of nitro groups is 1. The number of fused-ring (bicyclic) bond motifs is 1. The number of rotatable bonds is 8. The first kappa shape index (κ1) is 24.7. The van der Waals surface area contributed by atoms with Gasteiger partial charge in [0.05, 0.1) is 22.9 Å². The molecule has 178 valence electrons. The van der Waals surface area contributed by atoms with Gasteiger partial charge in [0.2, 0.25) is 15.9 Å². The predicted octanol–water partition coefficient (Wildman–Crippen LogP) is 4.20. The van der Waals surface area contributed by atoms with Crippen molar-refractivity contribution in [3.05, 3.63) is 68.8 Å². The number of hydrogen-bond donors (Lipinski definition) is 1. The molecule has 0 fully saturated rings. The summed E-state index contributed by atoms with van der Waals surface area (Å²) in [7, 11) is -3.90. The molecular formula is C24H31N3O5S. The van der Waals surface area contributed by atoms with Crippen LogP contribution in [0.1, 0.15) is 61.4 Å². The van der Waals surface area contributed by atoms with Crippen LogP contribution in [0.3, 0.4) is 0 Å². The summed E-state index contributed by atoms with van der Waals surface area (Å²) in [5, 5.41) is 14.2. The van der Waals surface area contributed by atoms with Crippen LogP contribution in [0.5, 0.6) is 0 Å². The Morgan fingerprint density at radius 2 is 1.82 bits per heavy atom. The van der Waals surface area contributed by atoms with Crippen LogP contribution in [-0.2, 0) is 27.7 Å². The van der Waals surface area contributed by atoms with Crippen molar-refractivity contribution in [2.45, 2.75) is 65.0 Å². The molecule has 1 aliphatic rings. The molecule has 2 atom stereocenters. The Balaban J connectivity index is 1.91. The molecule has 0 spiro atoms. The lowest BCUT2D eigenvalue weighted by atomic mass is 9.89. The highest BCUT2D eigenvalue weighted by Gasteiger charge is 2.34. The van der Waals surface area contributed by atoms with E-state index < -0.39 is 26.9 Å². The van der Waals surface area contributed by atoms with E-state index in [4.69, 9.17) is 0 Å². The van der Waals surface area contributed by atoms with Gasteiger partial charge in [0.15, 0.2) is 0 Å². The summed E-state index contributed by atoms with van der Waals surface area (Å²) in [6, 6.07) is 8.91. The Hall–Kier alpha value is -2.94. The van der Waals surface area contributed by atoms with Gasteiger partial charge in [-0.25, -0.2) is 8.42 Å². The molecule has 0 saturated heterocycles. The van der Waals surface area contributed by atoms with Gasteiger partial charge in [-0.2, -0.15) is 0 Å². The third kappa shape index (κ3) is 5.52. The summed E-state index contributed by atoms with van der Waals surface area (Å²) < 4.78 is 26.5. The van der Waals surface area contributed by atoms with Crippen LogP contribution in [0.15, 0.2) is 36.4 Å². The van der Waals surface area contributed by atoms with E-state index >= 15 is 0 Å². The second-order valence-electron chi connectivity index (χ2n) is 8.68. The zero-order chi connectivity index (χ0) is 24.3. The van der Waals surface area contributed by atoms with Crippen molar-refractivity contribution in [3.63, 3.8) is 0 Å². The molecule has 3 rings (SSSR count). The number of hydrogen-bond acceptors (Lipinski definition) is 5. The topological polar surface area (TPSA) is 110 Å². The van der Waals surface area contributed by atoms with Crippen molar-refractivity contribution in [3.8, 4) is 0 Å². The highest BCUT2D eigenvalue weighted by molar-refractivity contribution is 7.92. The lowest BCUT2D eigenvalue weighted by Crippen LogP contribution is -2.50. The smallest absolute Gasteiger partial charge is 0.271 e. The van der Waals surface area contributed by atoms with E-state index in [2.05, 4.69) is 17.4 Å². The largest absolute Gasteiger partial charge is 0.348 e. The Morgan fingerprint density at radius 3 is 2.42 bits per heavy atom. The minimum absolute atomic E-state index is 0.134. The van der Waals surface area contributed by atoms with E-state index in [0.717, 1.165) is 35.4 Å². The molecule has 0 aromatic heterocycles. The van der Waals surface area contributed by atoms with Gasteiger partial charge >= 0.3 is 0 Å². The summed E-state index contributed by atoms with van der Waals surface area (Å²) in [5.74, 6) is -0.445. The number of carbonyl (C=O) groups excluding carboxylic acids is 1. The highest BCUT2D eigenvalue weighted by Crippen LogP contribution is 2.31. The minimum Gasteiger partial charge on any atom is -0.348 e. The number of amides is 1. The summed E-state index contributed by atoms with van der Waals surface area (Å²) >= 11 is 0. The third-order valence-corrected chi connectivity index (χ3v) is 7.37. The zero-order valence-corrected chi connectivity index (χ0v) is 20.3. The molecule has 0 bridgehead atoms. The molecule has 1 aliphatic carbocycles. The number of nitrogens with zero attached hydrogens (tertiary/aromatic N) is 2. The number of carbonyl (C=O) groups is 1. The maximum absolute atomic E-state index is 13.3. The maximum Gasteiger partial charge on any atom is 0.271 e. The standard InChI is InChI=1S/C24H31N3O5S/c1-5-22(26(33(4,31)32)23-15-21(27(29)30)13-10-16(23)2)24(28)25-17(3)19-12-11-18-8-6-7-9-20(18)14-19/h10-15,17,22H,5-9H2,1-4H3,(H,25,28)/t17-,22+/m1/s1. The van der Waals surface area contributed by atoms with E-state index in [1.807, 2.05) is 13.0 Å². The van der Waals surface area contributed by atoms with E-state index in [0.29, 0.717) is 5.56 Å². The predicted molar refractivity (Wildman–Crippen MR) is 129 cm³/mol. The fourth-order valence-electron chi connectivity index (χ4n) is 4.40. The second kappa shape index (κ2) is 9.91. The first-order valence-electron chi connectivity index (χ1n) is 11.2. The van der Waals surface area contributed by atoms with Gasteiger partial charge in [-0.1, -0.05) is 31.2 Å². The SMILES string of the molecule is CC[C@@H](C(=O)N[C@H](C)c1ccc2c(c1)CCCC2)N(c1cc([N+](=O)[O-])ccc1C)S(C)(=O)=O. The molecule has 33 heavy (non-hydrogen) atoms. The third-order valence-electron chi connectivity index (χ3n) is 6.20. The van der Waals surface area contributed by atoms with Crippen molar-refractivity contribution < 1.29 is 18.1 Å². The van der Waals surface area contributed by atoms with Crippen LogP contribution in [0.25, 0.3) is 0 Å². The fraction of sp³-hybridized carbons (Fsp3) is 0.458. The molecule has 0 aliphatic heterocycles. The minimum atomic E-state index is -3.90. The Labute approximate surface area is 195 Å². The maximum atomic E-state index is 13.3. The van der Waals surface area contributed by atoms with Crippen LogP contribution in [0, 0.1) is 17.0 Å². The molecule has 0 radical (unpaired) electrons. The summed E-state index contributed by atoms with van der Waals surface area (Å²) in [4.78, 5) is 24.0. The highest BCUT2D eigenvalue weighted by atomic mass is 32.2. The van der Waals surface area contributed by atoms with Crippen LogP contribution in [0.2, 0.25) is 0 Å². The average molecular weight is 474 g/mol. The first-order valence-corrected chi connectivity index (χ1v) is 13.0. The lowest BCUT2D eigenvalue weighted by molar-refractivity contribution is -0.384. The van der Waals surface area contributed by atoms with E-state index in [1.54, 1.807) is 13.8 Å². The lowest BCUT2D eigenvalue weighted by Gasteiger charge is -2.32. The monoisotopic (exact) mass is 473 g/mol. The number of non-ortho nitro benzene ring substituents is 1. The van der Waals surface area contributed by atoms with Crippen LogP contribution in [-0.4, -0.2) is 31.5 Å². The molecule has 0 saturated carbocycles. The zero-order valence-electron chi connectivity index (χ0n) is 19.5. The van der Waals surface area contributed by atoms with E-state index in [-0.39, 0.29) is 23.8 Å². The molecule has 2 aromatic rings. The van der Waals surface area contributed by atoms with E-state index in [1.165, 1.54) is 35.7 Å². The van der Waals surface area contributed by atoms with Gasteiger partial charge in [-0.15, -0.1) is 0 Å². The molecule has 1 N–H and O–H groups in total. The van der Waals surface area contributed by atoms with Gasteiger partial charge < -0.3 is 5.32 Å². The van der Waals surface area contributed by atoms with Crippen molar-refractivity contribution in [2.75, 3.05) is 10.6 Å². The summed E-state index contributed by atoms with van der Waals surface area (Å²) in [6.45, 7) is 5.26. The van der Waals surface area contributed by atoms with Gasteiger partial charge in [-0.3, -0.25) is 19.2 Å². The molecule has 8 nitrogen and oxygen atoms in total. The normalized spacial score (nSPS) is 15.3. The van der Waals surface area contributed by atoms with Crippen molar-refractivity contribution in [1.82, 2.24) is 5.32 Å². The van der Waals surface area contributed by atoms with Crippen molar-refractivity contribution >= 4 is 27.3 Å². The molecule has 0 unspecified atom stereocenters. The quantitative estimate of drug-likeness (QED) is 0.456. The fourth-order valence-corrected chi connectivity index (χ4v) is 5.66. The van der Waals surface area contributed by atoms with Crippen molar-refractivity contribution in [1.29, 1.82) is 0 Å². The number of nitrogens with one attached hydrogen (secondary N) is 1. The summed E-state index contributed by atoms with van der Waals surface area (Å²) in [6.07, 6.45) is 5.65. The second-order valence-corrected chi connectivity index (χ2v) is 10.5. The van der Waals surface area contributed by atoms with Gasteiger partial charge in [0, 0.05) is 12.1 Å². The first-order chi connectivity index (χ1) is 15.5. The Kier molecular flexibility index (Phi) is 7.41. The summed E-state index contributed by atoms with van der Waals surface area (Å²) in [5.41, 5.74) is 4.05. The number of aryl methyl sites for hydroxylation is 3. The van der Waals surface area contributed by atoms with Crippen LogP contribution in [0.4, 0.5) is 11.4 Å².